The summed E-state index contributed by atoms with van der Waals surface area (Å²) >= 11 is 0. The van der Waals surface area contributed by atoms with Crippen LogP contribution in [0.1, 0.15) is 39.5 Å². The molecule has 2 fully saturated rings. The summed E-state index contributed by atoms with van der Waals surface area (Å²) in [5, 5.41) is 0. The van der Waals surface area contributed by atoms with Crippen LogP contribution in [0, 0.1) is 11.8 Å². The third kappa shape index (κ3) is 2.83. The highest BCUT2D eigenvalue weighted by atomic mass is 16.5. The average molecular weight is 240 g/mol. The van der Waals surface area contributed by atoms with Crippen molar-refractivity contribution in [3.63, 3.8) is 0 Å². The number of ether oxygens (including phenoxy) is 1. The second-order valence-corrected chi connectivity index (χ2v) is 6.08. The molecular formula is C14H28N2O. The van der Waals surface area contributed by atoms with Gasteiger partial charge in [-0.2, -0.15) is 0 Å². The first kappa shape index (κ1) is 13.3. The summed E-state index contributed by atoms with van der Waals surface area (Å²) in [5.74, 6) is 1.66. The first-order chi connectivity index (χ1) is 8.18. The first-order valence-corrected chi connectivity index (χ1v) is 7.21. The molecule has 0 aromatic rings. The lowest BCUT2D eigenvalue weighted by Crippen LogP contribution is -2.57. The monoisotopic (exact) mass is 240 g/mol. The van der Waals surface area contributed by atoms with Crippen LogP contribution in [-0.4, -0.2) is 43.3 Å². The van der Waals surface area contributed by atoms with E-state index in [4.69, 9.17) is 10.5 Å². The van der Waals surface area contributed by atoms with Crippen LogP contribution in [-0.2, 0) is 4.74 Å². The highest BCUT2D eigenvalue weighted by molar-refractivity contribution is 4.97. The molecule has 100 valence electrons. The lowest BCUT2D eigenvalue weighted by molar-refractivity contribution is 0.0191. The Bertz CT molecular complexity index is 238. The highest BCUT2D eigenvalue weighted by Gasteiger charge is 2.41. The summed E-state index contributed by atoms with van der Waals surface area (Å²) in [5.41, 5.74) is 6.41. The molecule has 3 atom stereocenters. The molecule has 0 radical (unpaired) electrons. The molecule has 0 aromatic heterocycles. The number of hydrogen-bond acceptors (Lipinski definition) is 3. The molecule has 0 aromatic carbocycles. The normalized spacial score (nSPS) is 41.1. The van der Waals surface area contributed by atoms with Crippen molar-refractivity contribution < 1.29 is 4.74 Å². The molecule has 2 N–H and O–H groups in total. The van der Waals surface area contributed by atoms with Crippen LogP contribution < -0.4 is 5.73 Å². The van der Waals surface area contributed by atoms with E-state index in [1.807, 2.05) is 0 Å². The predicted octanol–water partition coefficient (Wildman–Crippen LogP) is 1.86. The second kappa shape index (κ2) is 5.68. The Morgan fingerprint density at radius 2 is 2.06 bits per heavy atom. The van der Waals surface area contributed by atoms with Crippen molar-refractivity contribution in [2.75, 3.05) is 32.8 Å². The average Bonchev–Trinajstić information content (AvgIpc) is 2.62. The zero-order valence-corrected chi connectivity index (χ0v) is 11.5. The maximum absolute atomic E-state index is 6.15. The van der Waals surface area contributed by atoms with Gasteiger partial charge in [0.15, 0.2) is 0 Å². The Morgan fingerprint density at radius 1 is 1.24 bits per heavy atom. The van der Waals surface area contributed by atoms with Gasteiger partial charge in [0.1, 0.15) is 0 Å². The largest absolute Gasteiger partial charge is 0.380 e. The molecule has 1 aliphatic carbocycles. The second-order valence-electron chi connectivity index (χ2n) is 6.08. The van der Waals surface area contributed by atoms with Crippen LogP contribution in [0.3, 0.4) is 0 Å². The van der Waals surface area contributed by atoms with E-state index in [-0.39, 0.29) is 5.54 Å². The van der Waals surface area contributed by atoms with E-state index in [0.29, 0.717) is 0 Å². The Kier molecular flexibility index (Phi) is 4.45. The van der Waals surface area contributed by atoms with Crippen molar-refractivity contribution in [2.24, 2.45) is 17.6 Å². The maximum Gasteiger partial charge on any atom is 0.0593 e. The summed E-state index contributed by atoms with van der Waals surface area (Å²) < 4.78 is 5.57. The van der Waals surface area contributed by atoms with Gasteiger partial charge < -0.3 is 10.5 Å². The molecule has 1 heterocycles. The first-order valence-electron chi connectivity index (χ1n) is 7.21. The van der Waals surface area contributed by atoms with E-state index in [1.54, 1.807) is 0 Å². The van der Waals surface area contributed by atoms with Crippen molar-refractivity contribution in [3.05, 3.63) is 0 Å². The zero-order valence-electron chi connectivity index (χ0n) is 11.5. The van der Waals surface area contributed by atoms with Gasteiger partial charge in [0.25, 0.3) is 0 Å². The minimum Gasteiger partial charge on any atom is -0.380 e. The minimum absolute atomic E-state index is 0.264. The molecular weight excluding hydrogens is 212 g/mol. The molecule has 2 aliphatic rings. The fourth-order valence-electron chi connectivity index (χ4n) is 3.51. The number of nitrogens with zero attached hydrogens (tertiary/aromatic N) is 1. The van der Waals surface area contributed by atoms with Crippen molar-refractivity contribution in [1.29, 1.82) is 0 Å². The summed E-state index contributed by atoms with van der Waals surface area (Å²) in [6.45, 7) is 9.62. The number of rotatable bonds is 2. The Hall–Kier alpha value is -0.120. The number of nitrogens with two attached hydrogens (primary N) is 1. The quantitative estimate of drug-likeness (QED) is 0.801. The molecule has 0 amide bonds. The van der Waals surface area contributed by atoms with E-state index >= 15 is 0 Å². The Balaban J connectivity index is 2.07. The standard InChI is InChI=1S/C14H28N2O/c1-12-4-5-14(11-15,10-13(12)2)16-6-3-8-17-9-7-16/h12-13H,3-11,15H2,1-2H3. The van der Waals surface area contributed by atoms with E-state index in [0.717, 1.165) is 51.1 Å². The molecule has 0 bridgehead atoms. The molecule has 3 unspecified atom stereocenters. The molecule has 2 rings (SSSR count). The van der Waals surface area contributed by atoms with Crippen LogP contribution in [0.4, 0.5) is 0 Å². The van der Waals surface area contributed by atoms with Crippen LogP contribution in [0.2, 0.25) is 0 Å². The van der Waals surface area contributed by atoms with E-state index in [9.17, 15) is 0 Å². The molecule has 1 saturated carbocycles. The van der Waals surface area contributed by atoms with Gasteiger partial charge in [-0.05, 0) is 37.5 Å². The molecule has 0 spiro atoms. The van der Waals surface area contributed by atoms with Gasteiger partial charge in [-0.25, -0.2) is 0 Å². The van der Waals surface area contributed by atoms with Crippen LogP contribution in [0.15, 0.2) is 0 Å². The SMILES string of the molecule is CC1CCC(CN)(N2CCCOCC2)CC1C. The third-order valence-electron chi connectivity index (χ3n) is 5.01. The van der Waals surface area contributed by atoms with Gasteiger partial charge in [0, 0.05) is 31.8 Å². The fourth-order valence-corrected chi connectivity index (χ4v) is 3.51. The van der Waals surface area contributed by atoms with Crippen molar-refractivity contribution in [2.45, 2.75) is 45.1 Å². The van der Waals surface area contributed by atoms with Crippen LogP contribution in [0.25, 0.3) is 0 Å². The van der Waals surface area contributed by atoms with Gasteiger partial charge in [-0.1, -0.05) is 13.8 Å². The topological polar surface area (TPSA) is 38.5 Å². The Morgan fingerprint density at radius 3 is 2.76 bits per heavy atom. The predicted molar refractivity (Wildman–Crippen MR) is 71.0 cm³/mol. The van der Waals surface area contributed by atoms with E-state index < -0.39 is 0 Å². The molecule has 1 saturated heterocycles. The lowest BCUT2D eigenvalue weighted by atomic mass is 9.70. The van der Waals surface area contributed by atoms with Crippen LogP contribution in [0.5, 0.6) is 0 Å². The van der Waals surface area contributed by atoms with Crippen molar-refractivity contribution in [3.8, 4) is 0 Å². The highest BCUT2D eigenvalue weighted by Crippen LogP contribution is 2.39. The number of hydrogen-bond donors (Lipinski definition) is 1. The van der Waals surface area contributed by atoms with Crippen LogP contribution >= 0.6 is 0 Å². The van der Waals surface area contributed by atoms with Gasteiger partial charge in [-0.3, -0.25) is 4.90 Å². The van der Waals surface area contributed by atoms with Gasteiger partial charge in [-0.15, -0.1) is 0 Å². The molecule has 17 heavy (non-hydrogen) atoms. The zero-order chi connectivity index (χ0) is 12.3. The fraction of sp³-hybridized carbons (Fsp3) is 1.00. The molecule has 1 aliphatic heterocycles. The Labute approximate surface area is 106 Å². The minimum atomic E-state index is 0.264. The summed E-state index contributed by atoms with van der Waals surface area (Å²) in [4.78, 5) is 2.63. The van der Waals surface area contributed by atoms with Gasteiger partial charge in [0.05, 0.1) is 6.61 Å². The lowest BCUT2D eigenvalue weighted by Gasteiger charge is -2.49. The third-order valence-corrected chi connectivity index (χ3v) is 5.01. The van der Waals surface area contributed by atoms with E-state index in [2.05, 4.69) is 18.7 Å². The maximum atomic E-state index is 6.15. The van der Waals surface area contributed by atoms with Crippen molar-refractivity contribution in [1.82, 2.24) is 4.90 Å². The van der Waals surface area contributed by atoms with E-state index in [1.165, 1.54) is 19.3 Å². The summed E-state index contributed by atoms with van der Waals surface area (Å²) in [6, 6.07) is 0. The summed E-state index contributed by atoms with van der Waals surface area (Å²) in [6.07, 6.45) is 5.03. The summed E-state index contributed by atoms with van der Waals surface area (Å²) in [7, 11) is 0. The van der Waals surface area contributed by atoms with Gasteiger partial charge >= 0.3 is 0 Å². The molecule has 3 nitrogen and oxygen atoms in total. The van der Waals surface area contributed by atoms with Gasteiger partial charge in [0.2, 0.25) is 0 Å². The van der Waals surface area contributed by atoms with Crippen molar-refractivity contribution >= 4 is 0 Å². The smallest absolute Gasteiger partial charge is 0.0593 e. The molecule has 3 heteroatoms.